The summed E-state index contributed by atoms with van der Waals surface area (Å²) in [6.45, 7) is 9.05. The highest BCUT2D eigenvalue weighted by molar-refractivity contribution is 5.94. The molecule has 1 saturated heterocycles. The predicted octanol–water partition coefficient (Wildman–Crippen LogP) is 3.74. The molecule has 2 N–H and O–H groups in total. The summed E-state index contributed by atoms with van der Waals surface area (Å²) in [4.78, 5) is 25.8. The highest BCUT2D eigenvalue weighted by Crippen LogP contribution is 2.24. The molecule has 0 unspecified atom stereocenters. The molecule has 1 aromatic rings. The first-order valence-electron chi connectivity index (χ1n) is 10.9. The zero-order chi connectivity index (χ0) is 23.0. The van der Waals surface area contributed by atoms with Crippen LogP contribution in [-0.2, 0) is 4.74 Å². The molecule has 0 aromatic heterocycles. The van der Waals surface area contributed by atoms with Crippen LogP contribution in [0.3, 0.4) is 0 Å². The van der Waals surface area contributed by atoms with Gasteiger partial charge < -0.3 is 24.8 Å². The molecule has 31 heavy (non-hydrogen) atoms. The molecule has 1 atom stereocenters. The second kappa shape index (κ2) is 11.3. The van der Waals surface area contributed by atoms with E-state index in [2.05, 4.69) is 5.32 Å². The molecule has 0 saturated carbocycles. The van der Waals surface area contributed by atoms with Gasteiger partial charge in [0, 0.05) is 25.7 Å². The predicted molar refractivity (Wildman–Crippen MR) is 116 cm³/mol. The SMILES string of the molecule is C[C@H](O)CNC(=O)c1ccc(OCCCC2CCN(C(=O)OC(C)(C)C)CC2)cc1F. The van der Waals surface area contributed by atoms with Gasteiger partial charge in [0.1, 0.15) is 17.2 Å². The fraction of sp³-hybridized carbons (Fsp3) is 0.652. The fourth-order valence-corrected chi connectivity index (χ4v) is 3.40. The second-order valence-corrected chi connectivity index (χ2v) is 9.10. The number of nitrogens with one attached hydrogen (secondary N) is 1. The van der Waals surface area contributed by atoms with Crippen LogP contribution in [-0.4, -0.2) is 60.0 Å². The van der Waals surface area contributed by atoms with Gasteiger partial charge in [-0.1, -0.05) is 0 Å². The second-order valence-electron chi connectivity index (χ2n) is 9.10. The molecule has 8 heteroatoms. The summed E-state index contributed by atoms with van der Waals surface area (Å²) in [6, 6.07) is 4.16. The van der Waals surface area contributed by atoms with Crippen molar-refractivity contribution in [2.75, 3.05) is 26.2 Å². The van der Waals surface area contributed by atoms with E-state index in [1.54, 1.807) is 11.0 Å². The van der Waals surface area contributed by atoms with Crippen molar-refractivity contribution in [2.24, 2.45) is 5.92 Å². The first kappa shape index (κ1) is 24.9. The Balaban J connectivity index is 1.68. The van der Waals surface area contributed by atoms with Gasteiger partial charge in [-0.2, -0.15) is 0 Å². The molecule has 1 aliphatic heterocycles. The Morgan fingerprint density at radius 3 is 2.55 bits per heavy atom. The summed E-state index contributed by atoms with van der Waals surface area (Å²) in [6.07, 6.45) is 2.73. The number of benzene rings is 1. The summed E-state index contributed by atoms with van der Waals surface area (Å²) in [5.74, 6) is -0.318. The van der Waals surface area contributed by atoms with E-state index in [1.807, 2.05) is 20.8 Å². The Bertz CT molecular complexity index is 740. The maximum absolute atomic E-state index is 14.2. The number of aliphatic hydroxyl groups excluding tert-OH is 1. The lowest BCUT2D eigenvalue weighted by Gasteiger charge is -2.33. The minimum Gasteiger partial charge on any atom is -0.493 e. The highest BCUT2D eigenvalue weighted by Gasteiger charge is 2.26. The average Bonchev–Trinajstić information content (AvgIpc) is 2.68. The van der Waals surface area contributed by atoms with Crippen LogP contribution in [0.5, 0.6) is 5.75 Å². The van der Waals surface area contributed by atoms with E-state index in [-0.39, 0.29) is 18.2 Å². The van der Waals surface area contributed by atoms with E-state index in [4.69, 9.17) is 9.47 Å². The van der Waals surface area contributed by atoms with E-state index in [1.165, 1.54) is 19.1 Å². The lowest BCUT2D eigenvalue weighted by atomic mass is 9.92. The quantitative estimate of drug-likeness (QED) is 0.604. The molecule has 0 bridgehead atoms. The summed E-state index contributed by atoms with van der Waals surface area (Å²) in [7, 11) is 0. The standard InChI is InChI=1S/C23H35FN2O5/c1-16(27)15-25-21(28)19-8-7-18(14-20(19)24)30-13-5-6-17-9-11-26(12-10-17)22(29)31-23(2,3)4/h7-8,14,16-17,27H,5-6,9-13,15H2,1-4H3,(H,25,28)/t16-/m0/s1. The van der Waals surface area contributed by atoms with Crippen LogP contribution in [0.25, 0.3) is 0 Å². The number of amides is 2. The van der Waals surface area contributed by atoms with Crippen molar-refractivity contribution >= 4 is 12.0 Å². The number of carbonyl (C=O) groups is 2. The maximum atomic E-state index is 14.2. The van der Waals surface area contributed by atoms with E-state index in [0.717, 1.165) is 25.7 Å². The first-order valence-corrected chi connectivity index (χ1v) is 10.9. The van der Waals surface area contributed by atoms with Gasteiger partial charge in [-0.25, -0.2) is 9.18 Å². The molecule has 2 amide bonds. The molecule has 0 radical (unpaired) electrons. The molecule has 1 aliphatic rings. The number of hydrogen-bond acceptors (Lipinski definition) is 5. The third-order valence-electron chi connectivity index (χ3n) is 5.03. The molecule has 1 heterocycles. The van der Waals surface area contributed by atoms with Gasteiger partial charge in [-0.3, -0.25) is 4.79 Å². The molecular formula is C23H35FN2O5. The summed E-state index contributed by atoms with van der Waals surface area (Å²) in [5.41, 5.74) is -0.560. The maximum Gasteiger partial charge on any atom is 0.410 e. The highest BCUT2D eigenvalue weighted by atomic mass is 19.1. The minimum atomic E-state index is -0.695. The molecule has 2 rings (SSSR count). The molecule has 0 aliphatic carbocycles. The number of carbonyl (C=O) groups excluding carboxylic acids is 2. The van der Waals surface area contributed by atoms with Crippen molar-refractivity contribution in [3.8, 4) is 5.75 Å². The summed E-state index contributed by atoms with van der Waals surface area (Å²) >= 11 is 0. The van der Waals surface area contributed by atoms with Crippen molar-refractivity contribution < 1.29 is 28.6 Å². The van der Waals surface area contributed by atoms with Crippen LogP contribution in [0, 0.1) is 11.7 Å². The third-order valence-corrected chi connectivity index (χ3v) is 5.03. The number of halogens is 1. The van der Waals surface area contributed by atoms with Crippen LogP contribution < -0.4 is 10.1 Å². The van der Waals surface area contributed by atoms with Gasteiger partial charge in [0.05, 0.1) is 18.3 Å². The molecule has 1 fully saturated rings. The number of ether oxygens (including phenoxy) is 2. The monoisotopic (exact) mass is 438 g/mol. The number of hydrogen-bond donors (Lipinski definition) is 2. The van der Waals surface area contributed by atoms with Crippen molar-refractivity contribution in [3.63, 3.8) is 0 Å². The van der Waals surface area contributed by atoms with Gasteiger partial charge in [-0.15, -0.1) is 0 Å². The Kier molecular flexibility index (Phi) is 9.10. The number of piperidine rings is 1. The van der Waals surface area contributed by atoms with Gasteiger partial charge in [0.2, 0.25) is 0 Å². The minimum absolute atomic E-state index is 0.0627. The van der Waals surface area contributed by atoms with Crippen LogP contribution in [0.1, 0.15) is 63.7 Å². The Hall–Kier alpha value is -2.35. The van der Waals surface area contributed by atoms with Gasteiger partial charge in [0.25, 0.3) is 5.91 Å². The van der Waals surface area contributed by atoms with Gasteiger partial charge in [0.15, 0.2) is 0 Å². The van der Waals surface area contributed by atoms with Crippen molar-refractivity contribution in [1.29, 1.82) is 0 Å². The van der Waals surface area contributed by atoms with Gasteiger partial charge >= 0.3 is 6.09 Å². The van der Waals surface area contributed by atoms with E-state index >= 15 is 0 Å². The Morgan fingerprint density at radius 2 is 1.97 bits per heavy atom. The average molecular weight is 439 g/mol. The fourth-order valence-electron chi connectivity index (χ4n) is 3.40. The number of rotatable bonds is 8. The smallest absolute Gasteiger partial charge is 0.410 e. The van der Waals surface area contributed by atoms with Crippen molar-refractivity contribution in [3.05, 3.63) is 29.6 Å². The number of likely N-dealkylation sites (tertiary alicyclic amines) is 1. The molecule has 174 valence electrons. The lowest BCUT2D eigenvalue weighted by molar-refractivity contribution is 0.0179. The zero-order valence-corrected chi connectivity index (χ0v) is 18.9. The van der Waals surface area contributed by atoms with Crippen LogP contribution >= 0.6 is 0 Å². The first-order chi connectivity index (χ1) is 14.5. The Morgan fingerprint density at radius 1 is 1.29 bits per heavy atom. The van der Waals surface area contributed by atoms with Crippen LogP contribution in [0.15, 0.2) is 18.2 Å². The third kappa shape index (κ3) is 8.73. The van der Waals surface area contributed by atoms with Crippen LogP contribution in [0.4, 0.5) is 9.18 Å². The molecule has 7 nitrogen and oxygen atoms in total. The van der Waals surface area contributed by atoms with E-state index in [9.17, 15) is 19.1 Å². The summed E-state index contributed by atoms with van der Waals surface area (Å²) < 4.78 is 25.2. The Labute approximate surface area is 183 Å². The van der Waals surface area contributed by atoms with Crippen molar-refractivity contribution in [2.45, 2.75) is 65.1 Å². The van der Waals surface area contributed by atoms with E-state index < -0.39 is 23.4 Å². The lowest BCUT2D eigenvalue weighted by Crippen LogP contribution is -2.41. The number of nitrogens with zero attached hydrogens (tertiary/aromatic N) is 1. The van der Waals surface area contributed by atoms with Crippen molar-refractivity contribution in [1.82, 2.24) is 10.2 Å². The number of aliphatic hydroxyl groups is 1. The largest absolute Gasteiger partial charge is 0.493 e. The zero-order valence-electron chi connectivity index (χ0n) is 18.9. The normalized spacial score (nSPS) is 16.0. The van der Waals surface area contributed by atoms with Gasteiger partial charge in [-0.05, 0) is 71.4 Å². The van der Waals surface area contributed by atoms with Crippen LogP contribution in [0.2, 0.25) is 0 Å². The molecular weight excluding hydrogens is 403 g/mol. The van der Waals surface area contributed by atoms with E-state index in [0.29, 0.717) is 31.4 Å². The molecule has 0 spiro atoms. The summed E-state index contributed by atoms with van der Waals surface area (Å²) in [5, 5.41) is 11.7. The molecule has 1 aromatic carbocycles. The topological polar surface area (TPSA) is 88.1 Å².